The van der Waals surface area contributed by atoms with Crippen molar-refractivity contribution in [2.75, 3.05) is 18.0 Å². The Morgan fingerprint density at radius 1 is 1.50 bits per heavy atom. The van der Waals surface area contributed by atoms with E-state index in [-0.39, 0.29) is 16.7 Å². The van der Waals surface area contributed by atoms with Gasteiger partial charge >= 0.3 is 6.09 Å². The molecule has 1 saturated heterocycles. The van der Waals surface area contributed by atoms with Gasteiger partial charge in [0.1, 0.15) is 11.3 Å². The highest BCUT2D eigenvalue weighted by molar-refractivity contribution is 9.10. The molecular formula is C16H22BrN3O4. The lowest BCUT2D eigenvalue weighted by atomic mass is 10.2. The number of alkyl carbamates (subject to hydrolysis) is 1. The second kappa shape index (κ2) is 7.38. The standard InChI is InChI=1S/C16H22BrN3O4/c1-16(2,3)24-15(21)18-10-12-5-4-8-19(12)13-7-6-11(17)9-14(13)20(22)23/h6-7,9,12H,4-5,8,10H2,1-3H3,(H,18,21). The first-order chi connectivity index (χ1) is 11.2. The summed E-state index contributed by atoms with van der Waals surface area (Å²) < 4.78 is 5.90. The quantitative estimate of drug-likeness (QED) is 0.613. The molecule has 1 unspecified atom stereocenters. The second-order valence-corrected chi connectivity index (χ2v) is 7.68. The van der Waals surface area contributed by atoms with E-state index in [0.29, 0.717) is 16.7 Å². The Bertz CT molecular complexity index is 630. The van der Waals surface area contributed by atoms with Gasteiger partial charge in [-0.25, -0.2) is 4.79 Å². The fourth-order valence-electron chi connectivity index (χ4n) is 2.77. The van der Waals surface area contributed by atoms with Gasteiger partial charge in [-0.2, -0.15) is 0 Å². The molecule has 0 spiro atoms. The maximum atomic E-state index is 11.8. The van der Waals surface area contributed by atoms with Crippen molar-refractivity contribution in [1.29, 1.82) is 0 Å². The van der Waals surface area contributed by atoms with E-state index in [4.69, 9.17) is 4.74 Å². The Hall–Kier alpha value is -1.83. The summed E-state index contributed by atoms with van der Waals surface area (Å²) in [5.74, 6) is 0. The predicted molar refractivity (Wildman–Crippen MR) is 95.4 cm³/mol. The summed E-state index contributed by atoms with van der Waals surface area (Å²) in [5, 5.41) is 14.1. The molecule has 1 amide bonds. The first-order valence-corrected chi connectivity index (χ1v) is 8.64. The molecule has 7 nitrogen and oxygen atoms in total. The third-order valence-corrected chi connectivity index (χ3v) is 4.19. The Balaban J connectivity index is 2.09. The Kier molecular flexibility index (Phi) is 5.69. The minimum Gasteiger partial charge on any atom is -0.444 e. The second-order valence-electron chi connectivity index (χ2n) is 6.76. The molecule has 1 aliphatic heterocycles. The zero-order valence-corrected chi connectivity index (χ0v) is 15.6. The number of nitro groups is 1. The monoisotopic (exact) mass is 399 g/mol. The highest BCUT2D eigenvalue weighted by atomic mass is 79.9. The minimum absolute atomic E-state index is 0.0115. The van der Waals surface area contributed by atoms with Crippen LogP contribution in [0.5, 0.6) is 0 Å². The molecule has 2 rings (SSSR count). The van der Waals surface area contributed by atoms with Crippen molar-refractivity contribution in [3.05, 3.63) is 32.8 Å². The van der Waals surface area contributed by atoms with E-state index in [1.165, 1.54) is 6.07 Å². The molecule has 8 heteroatoms. The van der Waals surface area contributed by atoms with Crippen LogP contribution in [0.1, 0.15) is 33.6 Å². The van der Waals surface area contributed by atoms with E-state index in [9.17, 15) is 14.9 Å². The zero-order valence-electron chi connectivity index (χ0n) is 14.0. The summed E-state index contributed by atoms with van der Waals surface area (Å²) in [4.78, 5) is 24.8. The van der Waals surface area contributed by atoms with Crippen molar-refractivity contribution in [3.63, 3.8) is 0 Å². The van der Waals surface area contributed by atoms with E-state index in [0.717, 1.165) is 19.4 Å². The fourth-order valence-corrected chi connectivity index (χ4v) is 3.12. The molecule has 0 radical (unpaired) electrons. The van der Waals surface area contributed by atoms with E-state index in [2.05, 4.69) is 21.2 Å². The average Bonchev–Trinajstić information content (AvgIpc) is 2.91. The largest absolute Gasteiger partial charge is 0.444 e. The zero-order chi connectivity index (χ0) is 17.9. The van der Waals surface area contributed by atoms with Crippen molar-refractivity contribution in [3.8, 4) is 0 Å². The van der Waals surface area contributed by atoms with Crippen LogP contribution in [0.2, 0.25) is 0 Å². The number of amides is 1. The fraction of sp³-hybridized carbons (Fsp3) is 0.562. The number of hydrogen-bond acceptors (Lipinski definition) is 5. The highest BCUT2D eigenvalue weighted by Crippen LogP contribution is 2.35. The molecule has 0 aromatic heterocycles. The van der Waals surface area contributed by atoms with Crippen molar-refractivity contribution in [1.82, 2.24) is 5.32 Å². The van der Waals surface area contributed by atoms with Crippen LogP contribution < -0.4 is 10.2 Å². The molecule has 1 N–H and O–H groups in total. The van der Waals surface area contributed by atoms with Gasteiger partial charge < -0.3 is 15.0 Å². The molecule has 1 fully saturated rings. The normalized spacial score (nSPS) is 17.7. The molecule has 24 heavy (non-hydrogen) atoms. The molecule has 1 aliphatic rings. The molecule has 0 aliphatic carbocycles. The number of carbonyl (C=O) groups excluding carboxylic acids is 1. The third-order valence-electron chi connectivity index (χ3n) is 3.70. The topological polar surface area (TPSA) is 84.7 Å². The van der Waals surface area contributed by atoms with Crippen LogP contribution in [-0.4, -0.2) is 35.7 Å². The number of nitrogens with one attached hydrogen (secondary N) is 1. The van der Waals surface area contributed by atoms with E-state index in [1.54, 1.807) is 32.9 Å². The van der Waals surface area contributed by atoms with Gasteiger partial charge in [0.2, 0.25) is 0 Å². The van der Waals surface area contributed by atoms with Crippen LogP contribution in [0.15, 0.2) is 22.7 Å². The number of ether oxygens (including phenoxy) is 1. The van der Waals surface area contributed by atoms with Crippen LogP contribution in [0.3, 0.4) is 0 Å². The van der Waals surface area contributed by atoms with Gasteiger partial charge in [-0.1, -0.05) is 15.9 Å². The van der Waals surface area contributed by atoms with Gasteiger partial charge in [0.05, 0.1) is 4.92 Å². The summed E-state index contributed by atoms with van der Waals surface area (Å²) in [7, 11) is 0. The Morgan fingerprint density at radius 3 is 2.83 bits per heavy atom. The maximum Gasteiger partial charge on any atom is 0.407 e. The number of anilines is 1. The lowest BCUT2D eigenvalue weighted by Crippen LogP contribution is -2.42. The van der Waals surface area contributed by atoms with Crippen molar-refractivity contribution < 1.29 is 14.5 Å². The molecule has 1 aromatic carbocycles. The maximum absolute atomic E-state index is 11.8. The van der Waals surface area contributed by atoms with Gasteiger partial charge in [-0.05, 0) is 45.7 Å². The van der Waals surface area contributed by atoms with Gasteiger partial charge in [-0.15, -0.1) is 0 Å². The Labute approximate surface area is 149 Å². The molecule has 1 atom stereocenters. The summed E-state index contributed by atoms with van der Waals surface area (Å²) in [5.41, 5.74) is 0.0921. The van der Waals surface area contributed by atoms with E-state index >= 15 is 0 Å². The number of hydrogen-bond donors (Lipinski definition) is 1. The average molecular weight is 400 g/mol. The van der Waals surface area contributed by atoms with Crippen LogP contribution in [0, 0.1) is 10.1 Å². The van der Waals surface area contributed by atoms with Crippen molar-refractivity contribution >= 4 is 33.4 Å². The van der Waals surface area contributed by atoms with Gasteiger partial charge in [0, 0.05) is 29.7 Å². The van der Waals surface area contributed by atoms with Gasteiger partial charge in [-0.3, -0.25) is 10.1 Å². The van der Waals surface area contributed by atoms with Gasteiger partial charge in [0.25, 0.3) is 5.69 Å². The number of nitrogens with zero attached hydrogens (tertiary/aromatic N) is 2. The number of nitro benzene ring substituents is 1. The number of carbonyl (C=O) groups is 1. The number of benzene rings is 1. The summed E-state index contributed by atoms with van der Waals surface area (Å²) in [6, 6.07) is 5.05. The lowest BCUT2D eigenvalue weighted by Gasteiger charge is -2.27. The number of halogens is 1. The Morgan fingerprint density at radius 2 is 2.21 bits per heavy atom. The van der Waals surface area contributed by atoms with Gasteiger partial charge in [0.15, 0.2) is 0 Å². The summed E-state index contributed by atoms with van der Waals surface area (Å²) in [6.45, 7) is 6.53. The summed E-state index contributed by atoms with van der Waals surface area (Å²) >= 11 is 3.27. The highest BCUT2D eigenvalue weighted by Gasteiger charge is 2.30. The van der Waals surface area contributed by atoms with Crippen LogP contribution in [0.25, 0.3) is 0 Å². The number of rotatable bonds is 4. The van der Waals surface area contributed by atoms with Crippen LogP contribution in [0.4, 0.5) is 16.2 Å². The molecule has 0 bridgehead atoms. The minimum atomic E-state index is -0.552. The van der Waals surface area contributed by atoms with E-state index in [1.807, 2.05) is 4.90 Å². The molecular weight excluding hydrogens is 378 g/mol. The third kappa shape index (κ3) is 4.83. The molecule has 1 aromatic rings. The smallest absolute Gasteiger partial charge is 0.407 e. The molecule has 1 heterocycles. The molecule has 0 saturated carbocycles. The SMILES string of the molecule is CC(C)(C)OC(=O)NCC1CCCN1c1ccc(Br)cc1[N+](=O)[O-]. The summed E-state index contributed by atoms with van der Waals surface area (Å²) in [6.07, 6.45) is 1.32. The van der Waals surface area contributed by atoms with Crippen LogP contribution in [-0.2, 0) is 4.74 Å². The van der Waals surface area contributed by atoms with Crippen molar-refractivity contribution in [2.24, 2.45) is 0 Å². The van der Waals surface area contributed by atoms with Crippen molar-refractivity contribution in [2.45, 2.75) is 45.3 Å². The molecule has 132 valence electrons. The lowest BCUT2D eigenvalue weighted by molar-refractivity contribution is -0.384. The predicted octanol–water partition coefficient (Wildman–Crippen LogP) is 3.85. The van der Waals surface area contributed by atoms with E-state index < -0.39 is 11.7 Å². The first-order valence-electron chi connectivity index (χ1n) is 7.85. The van der Waals surface area contributed by atoms with Crippen LogP contribution >= 0.6 is 15.9 Å². The first kappa shape index (κ1) is 18.5.